The van der Waals surface area contributed by atoms with E-state index in [1.165, 1.54) is 17.5 Å². The Labute approximate surface area is 179 Å². The van der Waals surface area contributed by atoms with Crippen molar-refractivity contribution in [2.75, 3.05) is 6.61 Å². The smallest absolute Gasteiger partial charge is 0.405 e. The number of nitrogens with zero attached hydrogens (tertiary/aromatic N) is 1. The van der Waals surface area contributed by atoms with Gasteiger partial charge in [-0.15, -0.1) is 0 Å². The summed E-state index contributed by atoms with van der Waals surface area (Å²) in [4.78, 5) is 14.4. The summed E-state index contributed by atoms with van der Waals surface area (Å²) in [5, 5.41) is 0. The van der Waals surface area contributed by atoms with E-state index in [9.17, 15) is 4.79 Å². The normalized spacial score (nSPS) is 12.1. The Balaban J connectivity index is 0.000000343. The second-order valence-electron chi connectivity index (χ2n) is 8.79. The molecule has 0 bridgehead atoms. The number of benzene rings is 1. The first-order chi connectivity index (χ1) is 14.1. The number of nitrogens with two attached hydrogens (primary N) is 1. The molecule has 0 saturated heterocycles. The van der Waals surface area contributed by atoms with E-state index in [1.807, 2.05) is 25.3 Å². The number of ether oxygens (including phenoxy) is 3. The van der Waals surface area contributed by atoms with Gasteiger partial charge in [0.2, 0.25) is 0 Å². The molecule has 0 saturated carbocycles. The van der Waals surface area contributed by atoms with E-state index in [0.29, 0.717) is 6.61 Å². The molecule has 1 aliphatic rings. The molecule has 0 spiro atoms. The third-order valence-electron chi connectivity index (χ3n) is 4.49. The zero-order valence-electron chi connectivity index (χ0n) is 19.0. The first-order valence-electron chi connectivity index (χ1n) is 10.4. The molecule has 30 heavy (non-hydrogen) atoms. The molecule has 2 heterocycles. The number of primary amides is 1. The number of fused-ring (bicyclic) bond motifs is 3. The molecule has 0 atom stereocenters. The monoisotopic (exact) mass is 414 g/mol. The van der Waals surface area contributed by atoms with Crippen LogP contribution in [0.5, 0.6) is 11.5 Å². The molecule has 1 aliphatic heterocycles. The quantitative estimate of drug-likeness (QED) is 0.640. The second kappa shape index (κ2) is 10.3. The fourth-order valence-corrected chi connectivity index (χ4v) is 3.10. The van der Waals surface area contributed by atoms with Crippen LogP contribution >= 0.6 is 0 Å². The van der Waals surface area contributed by atoms with Crippen molar-refractivity contribution in [3.8, 4) is 22.6 Å². The zero-order valence-corrected chi connectivity index (χ0v) is 19.0. The largest absolute Gasteiger partial charge is 0.493 e. The molecular formula is C24H34N2O4. The second-order valence-corrected chi connectivity index (χ2v) is 8.79. The van der Waals surface area contributed by atoms with Crippen molar-refractivity contribution in [2.45, 2.75) is 66.6 Å². The van der Waals surface area contributed by atoms with Crippen LogP contribution in [0.25, 0.3) is 11.1 Å². The Morgan fingerprint density at radius 1 is 1.23 bits per heavy atom. The van der Waals surface area contributed by atoms with Crippen molar-refractivity contribution in [1.82, 2.24) is 4.98 Å². The fraction of sp³-hybridized carbons (Fsp3) is 0.500. The van der Waals surface area contributed by atoms with Crippen molar-refractivity contribution < 1.29 is 19.0 Å². The summed E-state index contributed by atoms with van der Waals surface area (Å²) >= 11 is 0. The molecule has 6 heteroatoms. The predicted octanol–water partition coefficient (Wildman–Crippen LogP) is 5.64. The standard InChI is InChI=1S/C19H23NO2.C5H11NO2/c1-13(2)5-4-10-21-15-6-7-17-16-8-9-20-14(3)18(16)12-22-19(17)11-15;1-5(2,3)8-4(6)7/h6-9,11,13H,4-5,10,12H2,1-3H3;1-3H3,(H2,6,7). The number of hydrogen-bond acceptors (Lipinski definition) is 5. The lowest BCUT2D eigenvalue weighted by atomic mass is 9.97. The third-order valence-corrected chi connectivity index (χ3v) is 4.49. The first kappa shape index (κ1) is 23.5. The predicted molar refractivity (Wildman–Crippen MR) is 119 cm³/mol. The van der Waals surface area contributed by atoms with Gasteiger partial charge in [-0.25, -0.2) is 4.79 Å². The number of carbonyl (C=O) groups excluding carboxylic acids is 1. The lowest BCUT2D eigenvalue weighted by Crippen LogP contribution is -2.27. The van der Waals surface area contributed by atoms with Gasteiger partial charge in [0.1, 0.15) is 23.7 Å². The highest BCUT2D eigenvalue weighted by atomic mass is 16.6. The number of aryl methyl sites for hydroxylation is 1. The van der Waals surface area contributed by atoms with Crippen LogP contribution in [0.4, 0.5) is 4.79 Å². The van der Waals surface area contributed by atoms with Crippen molar-refractivity contribution >= 4 is 6.09 Å². The first-order valence-corrected chi connectivity index (χ1v) is 10.4. The molecule has 2 N–H and O–H groups in total. The summed E-state index contributed by atoms with van der Waals surface area (Å²) in [6.45, 7) is 13.1. The van der Waals surface area contributed by atoms with Gasteiger partial charge in [-0.1, -0.05) is 13.8 Å². The lowest BCUT2D eigenvalue weighted by Gasteiger charge is -2.22. The van der Waals surface area contributed by atoms with Gasteiger partial charge in [-0.05, 0) is 70.2 Å². The van der Waals surface area contributed by atoms with Crippen molar-refractivity contribution in [3.63, 3.8) is 0 Å². The van der Waals surface area contributed by atoms with Gasteiger partial charge in [-0.2, -0.15) is 0 Å². The summed E-state index contributed by atoms with van der Waals surface area (Å²) in [6.07, 6.45) is 3.42. The van der Waals surface area contributed by atoms with Gasteiger partial charge in [0.25, 0.3) is 0 Å². The molecule has 1 amide bonds. The van der Waals surface area contributed by atoms with Crippen molar-refractivity contribution in [3.05, 3.63) is 41.7 Å². The zero-order chi connectivity index (χ0) is 22.3. The number of pyridine rings is 1. The van der Waals surface area contributed by atoms with Crippen LogP contribution in [0.3, 0.4) is 0 Å². The molecule has 6 nitrogen and oxygen atoms in total. The fourth-order valence-electron chi connectivity index (χ4n) is 3.10. The minimum absolute atomic E-state index is 0.453. The summed E-state index contributed by atoms with van der Waals surface area (Å²) in [7, 11) is 0. The highest BCUT2D eigenvalue weighted by Gasteiger charge is 2.19. The van der Waals surface area contributed by atoms with Crippen LogP contribution < -0.4 is 15.2 Å². The number of carbonyl (C=O) groups is 1. The minimum atomic E-state index is -0.725. The number of hydrogen-bond donors (Lipinski definition) is 1. The summed E-state index contributed by atoms with van der Waals surface area (Å²) < 4.78 is 16.3. The van der Waals surface area contributed by atoms with Gasteiger partial charge < -0.3 is 19.9 Å². The Bertz CT molecular complexity index is 857. The van der Waals surface area contributed by atoms with Gasteiger partial charge in [0.15, 0.2) is 0 Å². The Morgan fingerprint density at radius 2 is 1.97 bits per heavy atom. The molecular weight excluding hydrogens is 380 g/mol. The molecule has 2 aromatic rings. The molecule has 164 valence electrons. The van der Waals surface area contributed by atoms with Crippen LogP contribution in [0.1, 0.15) is 58.7 Å². The minimum Gasteiger partial charge on any atom is -0.493 e. The number of amides is 1. The SMILES string of the molecule is CC(C)(C)OC(N)=O.Cc1nccc2c1COc1cc(OCCCC(C)C)ccc1-2. The third kappa shape index (κ3) is 7.25. The van der Waals surface area contributed by atoms with Gasteiger partial charge >= 0.3 is 6.09 Å². The van der Waals surface area contributed by atoms with Crippen LogP contribution in [0, 0.1) is 12.8 Å². The molecule has 0 aliphatic carbocycles. The summed E-state index contributed by atoms with van der Waals surface area (Å²) in [5.41, 5.74) is 8.83. The average molecular weight is 415 g/mol. The highest BCUT2D eigenvalue weighted by molar-refractivity contribution is 5.76. The summed E-state index contributed by atoms with van der Waals surface area (Å²) in [6, 6.07) is 8.18. The number of rotatable bonds is 5. The molecule has 3 rings (SSSR count). The maximum absolute atomic E-state index is 10.0. The van der Waals surface area contributed by atoms with E-state index < -0.39 is 11.7 Å². The van der Waals surface area contributed by atoms with E-state index in [1.54, 1.807) is 20.8 Å². The Kier molecular flexibility index (Phi) is 8.09. The van der Waals surface area contributed by atoms with Crippen LogP contribution in [-0.4, -0.2) is 23.3 Å². The molecule has 0 radical (unpaired) electrons. The van der Waals surface area contributed by atoms with Crippen molar-refractivity contribution in [2.24, 2.45) is 11.7 Å². The Morgan fingerprint density at radius 3 is 2.57 bits per heavy atom. The Hall–Kier alpha value is -2.76. The molecule has 1 aromatic heterocycles. The summed E-state index contributed by atoms with van der Waals surface area (Å²) in [5.74, 6) is 2.51. The van der Waals surface area contributed by atoms with Crippen LogP contribution in [0.15, 0.2) is 30.5 Å². The van der Waals surface area contributed by atoms with E-state index in [-0.39, 0.29) is 0 Å². The van der Waals surface area contributed by atoms with Gasteiger partial charge in [-0.3, -0.25) is 4.98 Å². The molecule has 0 fully saturated rings. The van der Waals surface area contributed by atoms with Crippen LogP contribution in [-0.2, 0) is 11.3 Å². The van der Waals surface area contributed by atoms with E-state index in [4.69, 9.17) is 15.2 Å². The van der Waals surface area contributed by atoms with E-state index in [0.717, 1.165) is 41.7 Å². The maximum atomic E-state index is 10.0. The van der Waals surface area contributed by atoms with Crippen molar-refractivity contribution in [1.29, 1.82) is 0 Å². The maximum Gasteiger partial charge on any atom is 0.405 e. The topological polar surface area (TPSA) is 83.7 Å². The lowest BCUT2D eigenvalue weighted by molar-refractivity contribution is 0.0600. The van der Waals surface area contributed by atoms with Gasteiger partial charge in [0.05, 0.1) is 6.61 Å². The molecule has 0 unspecified atom stereocenters. The molecule has 1 aromatic carbocycles. The van der Waals surface area contributed by atoms with Gasteiger partial charge in [0, 0.05) is 29.1 Å². The van der Waals surface area contributed by atoms with Crippen LogP contribution in [0.2, 0.25) is 0 Å². The average Bonchev–Trinajstić information content (AvgIpc) is 2.63. The van der Waals surface area contributed by atoms with E-state index >= 15 is 0 Å². The number of aromatic nitrogens is 1. The van der Waals surface area contributed by atoms with E-state index in [2.05, 4.69) is 35.7 Å². The highest BCUT2D eigenvalue weighted by Crippen LogP contribution is 2.40.